The lowest BCUT2D eigenvalue weighted by Gasteiger charge is -2.06. The van der Waals surface area contributed by atoms with Gasteiger partial charge in [-0.05, 0) is 32.4 Å². The van der Waals surface area contributed by atoms with Crippen LogP contribution >= 0.6 is 0 Å². The lowest BCUT2D eigenvalue weighted by atomic mass is 10.1. The van der Waals surface area contributed by atoms with Gasteiger partial charge in [-0.2, -0.15) is 5.10 Å². The van der Waals surface area contributed by atoms with Gasteiger partial charge in [0.15, 0.2) is 0 Å². The minimum Gasteiger partial charge on any atom is -0.478 e. The van der Waals surface area contributed by atoms with Crippen LogP contribution in [-0.2, 0) is 6.42 Å². The summed E-state index contributed by atoms with van der Waals surface area (Å²) in [5.41, 5.74) is 3.68. The molecule has 1 heterocycles. The second-order valence-electron chi connectivity index (χ2n) is 4.31. The Morgan fingerprint density at radius 2 is 1.89 bits per heavy atom. The minimum atomic E-state index is -0.914. The zero-order valence-corrected chi connectivity index (χ0v) is 10.8. The predicted molar refractivity (Wildman–Crippen MR) is 69.4 cm³/mol. The number of benzene rings is 1. The molecule has 94 valence electrons. The van der Waals surface area contributed by atoms with Gasteiger partial charge in [-0.3, -0.25) is 0 Å². The van der Waals surface area contributed by atoms with Crippen LogP contribution in [0.15, 0.2) is 24.3 Å². The molecule has 0 saturated carbocycles. The first kappa shape index (κ1) is 12.4. The van der Waals surface area contributed by atoms with Gasteiger partial charge in [-0.25, -0.2) is 9.48 Å². The number of carboxylic acid groups (broad SMARTS) is 1. The molecule has 18 heavy (non-hydrogen) atoms. The first-order valence-corrected chi connectivity index (χ1v) is 5.93. The van der Waals surface area contributed by atoms with E-state index in [0.717, 1.165) is 11.4 Å². The highest BCUT2D eigenvalue weighted by Gasteiger charge is 2.20. The van der Waals surface area contributed by atoms with E-state index in [1.54, 1.807) is 11.6 Å². The summed E-state index contributed by atoms with van der Waals surface area (Å²) in [5, 5.41) is 13.6. The zero-order chi connectivity index (χ0) is 13.3. The Morgan fingerprint density at radius 3 is 2.39 bits per heavy atom. The first-order valence-electron chi connectivity index (χ1n) is 5.93. The summed E-state index contributed by atoms with van der Waals surface area (Å²) in [6.45, 7) is 5.68. The van der Waals surface area contributed by atoms with E-state index in [1.165, 1.54) is 5.56 Å². The van der Waals surface area contributed by atoms with E-state index in [2.05, 4.69) is 5.10 Å². The number of nitrogens with zero attached hydrogens (tertiary/aromatic N) is 2. The van der Waals surface area contributed by atoms with Gasteiger partial charge < -0.3 is 5.11 Å². The highest BCUT2D eigenvalue weighted by atomic mass is 16.4. The summed E-state index contributed by atoms with van der Waals surface area (Å²) >= 11 is 0. The van der Waals surface area contributed by atoms with Crippen LogP contribution in [0.25, 0.3) is 5.69 Å². The van der Waals surface area contributed by atoms with Crippen molar-refractivity contribution < 1.29 is 9.90 Å². The molecule has 0 saturated heterocycles. The van der Waals surface area contributed by atoms with Crippen LogP contribution in [0.1, 0.15) is 34.2 Å². The van der Waals surface area contributed by atoms with E-state index in [-0.39, 0.29) is 0 Å². The van der Waals surface area contributed by atoms with Gasteiger partial charge in [-0.1, -0.05) is 24.6 Å². The zero-order valence-electron chi connectivity index (χ0n) is 10.8. The van der Waals surface area contributed by atoms with Gasteiger partial charge in [0.1, 0.15) is 5.56 Å². The topological polar surface area (TPSA) is 55.1 Å². The van der Waals surface area contributed by atoms with Crippen LogP contribution < -0.4 is 0 Å². The van der Waals surface area contributed by atoms with Crippen LogP contribution in [0.2, 0.25) is 0 Å². The predicted octanol–water partition coefficient (Wildman–Crippen LogP) is 2.75. The molecule has 4 heteroatoms. The number of hydrogen-bond acceptors (Lipinski definition) is 2. The van der Waals surface area contributed by atoms with Crippen molar-refractivity contribution >= 4 is 5.97 Å². The maximum Gasteiger partial charge on any atom is 0.339 e. The SMILES string of the molecule is CCc1c(C(=O)O)c(C)nn1-c1ccc(C)cc1. The Morgan fingerprint density at radius 1 is 1.28 bits per heavy atom. The molecular formula is C14H16N2O2. The third-order valence-electron chi connectivity index (χ3n) is 2.98. The summed E-state index contributed by atoms with van der Waals surface area (Å²) in [7, 11) is 0. The average Bonchev–Trinajstić information content (AvgIpc) is 2.67. The van der Waals surface area contributed by atoms with Crippen molar-refractivity contribution in [3.8, 4) is 5.69 Å². The molecule has 2 rings (SSSR count). The fourth-order valence-electron chi connectivity index (χ4n) is 2.08. The number of carboxylic acids is 1. The molecule has 0 bridgehead atoms. The minimum absolute atomic E-state index is 0.318. The van der Waals surface area contributed by atoms with Gasteiger partial charge >= 0.3 is 5.97 Å². The van der Waals surface area contributed by atoms with Crippen molar-refractivity contribution in [1.29, 1.82) is 0 Å². The van der Waals surface area contributed by atoms with Crippen molar-refractivity contribution in [1.82, 2.24) is 9.78 Å². The Labute approximate surface area is 106 Å². The number of hydrogen-bond donors (Lipinski definition) is 1. The molecular weight excluding hydrogens is 228 g/mol. The molecule has 0 fully saturated rings. The molecule has 4 nitrogen and oxygen atoms in total. The normalized spacial score (nSPS) is 10.6. The quantitative estimate of drug-likeness (QED) is 0.903. The van der Waals surface area contributed by atoms with Crippen LogP contribution in [-0.4, -0.2) is 20.9 Å². The first-order chi connectivity index (χ1) is 8.54. The number of aromatic carboxylic acids is 1. The van der Waals surface area contributed by atoms with E-state index in [1.807, 2.05) is 38.1 Å². The summed E-state index contributed by atoms with van der Waals surface area (Å²) < 4.78 is 1.72. The Kier molecular flexibility index (Phi) is 3.19. The van der Waals surface area contributed by atoms with Crippen LogP contribution in [0, 0.1) is 13.8 Å². The van der Waals surface area contributed by atoms with Crippen molar-refractivity contribution in [2.24, 2.45) is 0 Å². The maximum atomic E-state index is 11.2. The lowest BCUT2D eigenvalue weighted by Crippen LogP contribution is -2.05. The standard InChI is InChI=1S/C14H16N2O2/c1-4-12-13(14(17)18)10(3)15-16(12)11-7-5-9(2)6-8-11/h5-8H,4H2,1-3H3,(H,17,18). The van der Waals surface area contributed by atoms with Gasteiger partial charge in [0.25, 0.3) is 0 Å². The molecule has 0 atom stereocenters. The Hall–Kier alpha value is -2.10. The molecule has 0 spiro atoms. The van der Waals surface area contributed by atoms with E-state index >= 15 is 0 Å². The number of carbonyl (C=O) groups is 1. The third-order valence-corrected chi connectivity index (χ3v) is 2.98. The monoisotopic (exact) mass is 244 g/mol. The highest BCUT2D eigenvalue weighted by molar-refractivity contribution is 5.90. The third kappa shape index (κ3) is 2.01. The van der Waals surface area contributed by atoms with Crippen molar-refractivity contribution in [3.05, 3.63) is 46.8 Å². The molecule has 0 aliphatic carbocycles. The molecule has 0 aliphatic rings. The largest absolute Gasteiger partial charge is 0.478 e. The Bertz CT molecular complexity index is 583. The molecule has 1 N–H and O–H groups in total. The van der Waals surface area contributed by atoms with Crippen LogP contribution in [0.4, 0.5) is 0 Å². The molecule has 1 aromatic heterocycles. The van der Waals surface area contributed by atoms with Crippen LogP contribution in [0.3, 0.4) is 0 Å². The second kappa shape index (κ2) is 4.64. The Balaban J connectivity index is 2.61. The average molecular weight is 244 g/mol. The second-order valence-corrected chi connectivity index (χ2v) is 4.31. The summed E-state index contributed by atoms with van der Waals surface area (Å²) in [6.07, 6.45) is 0.635. The van der Waals surface area contributed by atoms with Crippen molar-refractivity contribution in [2.75, 3.05) is 0 Å². The molecule has 0 unspecified atom stereocenters. The maximum absolute atomic E-state index is 11.2. The number of aryl methyl sites for hydroxylation is 2. The number of rotatable bonds is 3. The summed E-state index contributed by atoms with van der Waals surface area (Å²) in [4.78, 5) is 11.2. The molecule has 0 aliphatic heterocycles. The summed E-state index contributed by atoms with van der Waals surface area (Å²) in [5.74, 6) is -0.914. The molecule has 1 aromatic carbocycles. The van der Waals surface area contributed by atoms with E-state index in [0.29, 0.717) is 17.7 Å². The van der Waals surface area contributed by atoms with Crippen LogP contribution in [0.5, 0.6) is 0 Å². The van der Waals surface area contributed by atoms with Gasteiger partial charge in [0.2, 0.25) is 0 Å². The molecule has 0 amide bonds. The van der Waals surface area contributed by atoms with Gasteiger partial charge in [0.05, 0.1) is 17.1 Å². The van der Waals surface area contributed by atoms with Crippen molar-refractivity contribution in [3.63, 3.8) is 0 Å². The van der Waals surface area contributed by atoms with E-state index < -0.39 is 5.97 Å². The lowest BCUT2D eigenvalue weighted by molar-refractivity contribution is 0.0695. The number of aromatic nitrogens is 2. The van der Waals surface area contributed by atoms with E-state index in [9.17, 15) is 9.90 Å². The van der Waals surface area contributed by atoms with Crippen molar-refractivity contribution in [2.45, 2.75) is 27.2 Å². The van der Waals surface area contributed by atoms with E-state index in [4.69, 9.17) is 0 Å². The summed E-state index contributed by atoms with van der Waals surface area (Å²) in [6, 6.07) is 7.89. The highest BCUT2D eigenvalue weighted by Crippen LogP contribution is 2.19. The molecule has 2 aromatic rings. The van der Waals surface area contributed by atoms with Gasteiger partial charge in [0, 0.05) is 0 Å². The van der Waals surface area contributed by atoms with Gasteiger partial charge in [-0.15, -0.1) is 0 Å². The smallest absolute Gasteiger partial charge is 0.339 e. The fraction of sp³-hybridized carbons (Fsp3) is 0.286. The fourth-order valence-corrected chi connectivity index (χ4v) is 2.08. The molecule has 0 radical (unpaired) electrons.